The Hall–Kier alpha value is -3.55. The van der Waals surface area contributed by atoms with E-state index in [1.807, 2.05) is 5.38 Å². The minimum absolute atomic E-state index is 0.126. The Morgan fingerprint density at radius 3 is 2.74 bits per heavy atom. The molecule has 5 rings (SSSR count). The van der Waals surface area contributed by atoms with Crippen LogP contribution >= 0.6 is 22.9 Å². The Kier molecular flexibility index (Phi) is 8.53. The summed E-state index contributed by atoms with van der Waals surface area (Å²) in [5, 5.41) is 5.58. The van der Waals surface area contributed by atoms with E-state index < -0.39 is 29.3 Å². The zero-order chi connectivity index (χ0) is 30.2. The first-order valence-electron chi connectivity index (χ1n) is 13.5. The van der Waals surface area contributed by atoms with E-state index in [-0.39, 0.29) is 29.3 Å². The lowest BCUT2D eigenvalue weighted by atomic mass is 9.95. The van der Waals surface area contributed by atoms with Gasteiger partial charge in [-0.2, -0.15) is 0 Å². The lowest BCUT2D eigenvalue weighted by Crippen LogP contribution is -2.54. The predicted octanol–water partition coefficient (Wildman–Crippen LogP) is 3.22. The first-order valence-corrected chi connectivity index (χ1v) is 14.8. The quantitative estimate of drug-likeness (QED) is 0.449. The van der Waals surface area contributed by atoms with Crippen LogP contribution in [0.25, 0.3) is 0 Å². The van der Waals surface area contributed by atoms with Crippen molar-refractivity contribution >= 4 is 46.7 Å². The number of hydrogen-bond acceptors (Lipinski definition) is 10. The zero-order valence-corrected chi connectivity index (χ0v) is 25.3. The number of fused-ring (bicyclic) bond motifs is 1. The topological polar surface area (TPSA) is 117 Å². The van der Waals surface area contributed by atoms with Crippen LogP contribution in [0.15, 0.2) is 46.0 Å². The maximum atomic E-state index is 14.6. The normalized spacial score (nSPS) is 21.2. The first-order chi connectivity index (χ1) is 20.1. The summed E-state index contributed by atoms with van der Waals surface area (Å²) >= 11 is 7.78. The number of benzene rings is 1. The number of carbonyl (C=O) groups is 3. The molecule has 1 N–H and O–H groups in total. The van der Waals surface area contributed by atoms with Crippen LogP contribution in [-0.2, 0) is 19.1 Å². The standard InChI is InChI=1S/C28H32ClFN6O5S/c1-5-41-25(37)20-19(15-34-10-11-35-16(13-34)14-36(27(35)39)28(2,3)26(38)40-4)32-23(24-31-9-12-42-24)33-22(20)17-7-6-8-18(30)21(17)29/h6-9,12,16,22H,5,10-11,13-15H2,1-4H3,(H,32,33)/t16?,22-/m0/s1. The summed E-state index contributed by atoms with van der Waals surface area (Å²) in [4.78, 5) is 53.7. The minimum Gasteiger partial charge on any atom is -0.467 e. The van der Waals surface area contributed by atoms with Crippen molar-refractivity contribution in [3.05, 3.63) is 62.5 Å². The SMILES string of the molecule is CCOC(=O)C1=C(CN2CCN3C(=O)N(C(C)(C)C(=O)OC)CC3C2)NC(c2nccs2)=N[C@H]1c1cccc(F)c1Cl. The van der Waals surface area contributed by atoms with E-state index in [1.54, 1.807) is 42.8 Å². The summed E-state index contributed by atoms with van der Waals surface area (Å²) in [5.41, 5.74) is -0.0269. The van der Waals surface area contributed by atoms with Crippen LogP contribution in [0, 0.1) is 5.82 Å². The molecular formula is C28H32ClFN6O5S. The highest BCUT2D eigenvalue weighted by atomic mass is 35.5. The Balaban J connectivity index is 1.48. The number of piperazine rings is 1. The van der Waals surface area contributed by atoms with Crippen molar-refractivity contribution in [2.45, 2.75) is 38.4 Å². The molecule has 0 aliphatic carbocycles. The second kappa shape index (κ2) is 12.0. The van der Waals surface area contributed by atoms with Crippen molar-refractivity contribution in [2.75, 3.05) is 46.4 Å². The number of amides is 2. The van der Waals surface area contributed by atoms with Crippen molar-refractivity contribution in [3.8, 4) is 0 Å². The maximum absolute atomic E-state index is 14.6. The van der Waals surface area contributed by atoms with Gasteiger partial charge in [-0.05, 0) is 26.8 Å². The van der Waals surface area contributed by atoms with E-state index in [2.05, 4.69) is 15.2 Å². The molecule has 3 aliphatic rings. The molecule has 1 aromatic carbocycles. The molecule has 11 nitrogen and oxygen atoms in total. The zero-order valence-electron chi connectivity index (χ0n) is 23.7. The smallest absolute Gasteiger partial charge is 0.338 e. The molecular weight excluding hydrogens is 587 g/mol. The molecule has 2 aromatic rings. The van der Waals surface area contributed by atoms with Gasteiger partial charge in [0.1, 0.15) is 17.4 Å². The van der Waals surface area contributed by atoms with Crippen molar-refractivity contribution in [1.82, 2.24) is 25.0 Å². The lowest BCUT2D eigenvalue weighted by molar-refractivity contribution is -0.151. The molecule has 0 spiro atoms. The van der Waals surface area contributed by atoms with E-state index in [9.17, 15) is 18.8 Å². The van der Waals surface area contributed by atoms with E-state index in [1.165, 1.54) is 30.6 Å². The number of urea groups is 1. The van der Waals surface area contributed by atoms with E-state index in [4.69, 9.17) is 26.1 Å². The largest absolute Gasteiger partial charge is 0.467 e. The van der Waals surface area contributed by atoms with Gasteiger partial charge >= 0.3 is 18.0 Å². The van der Waals surface area contributed by atoms with Gasteiger partial charge in [0, 0.05) is 55.6 Å². The van der Waals surface area contributed by atoms with Crippen molar-refractivity contribution in [3.63, 3.8) is 0 Å². The van der Waals surface area contributed by atoms with Crippen LogP contribution in [0.3, 0.4) is 0 Å². The van der Waals surface area contributed by atoms with Gasteiger partial charge in [0.25, 0.3) is 0 Å². The van der Waals surface area contributed by atoms with Gasteiger partial charge in [0.15, 0.2) is 10.8 Å². The van der Waals surface area contributed by atoms with Crippen LogP contribution in [-0.4, -0.2) is 102 Å². The summed E-state index contributed by atoms with van der Waals surface area (Å²) in [6, 6.07) is 3.09. The summed E-state index contributed by atoms with van der Waals surface area (Å²) < 4.78 is 25.0. The second-order valence-corrected chi connectivity index (χ2v) is 11.9. The number of nitrogens with zero attached hydrogens (tertiary/aromatic N) is 5. The second-order valence-electron chi connectivity index (χ2n) is 10.6. The monoisotopic (exact) mass is 618 g/mol. The fourth-order valence-corrected chi connectivity index (χ4v) is 6.36. The number of nitrogens with one attached hydrogen (secondary N) is 1. The van der Waals surface area contributed by atoms with Gasteiger partial charge in [-0.3, -0.25) is 9.89 Å². The Morgan fingerprint density at radius 1 is 1.26 bits per heavy atom. The van der Waals surface area contributed by atoms with Crippen LogP contribution in [0.4, 0.5) is 9.18 Å². The fraction of sp³-hybridized carbons (Fsp3) is 0.464. The molecule has 4 heterocycles. The number of thiazole rings is 1. The summed E-state index contributed by atoms with van der Waals surface area (Å²) in [5.74, 6) is -1.27. The predicted molar refractivity (Wildman–Crippen MR) is 155 cm³/mol. The van der Waals surface area contributed by atoms with E-state index in [0.29, 0.717) is 54.8 Å². The number of carbonyl (C=O) groups excluding carboxylic acids is 3. The molecule has 14 heteroatoms. The molecule has 42 heavy (non-hydrogen) atoms. The third-order valence-electron chi connectivity index (χ3n) is 7.71. The highest BCUT2D eigenvalue weighted by molar-refractivity contribution is 7.11. The lowest BCUT2D eigenvalue weighted by Gasteiger charge is -2.38. The molecule has 2 amide bonds. The van der Waals surface area contributed by atoms with Crippen LogP contribution in [0.2, 0.25) is 5.02 Å². The molecule has 224 valence electrons. The van der Waals surface area contributed by atoms with Gasteiger partial charge in [-0.15, -0.1) is 11.3 Å². The van der Waals surface area contributed by atoms with Crippen LogP contribution < -0.4 is 5.32 Å². The summed E-state index contributed by atoms with van der Waals surface area (Å²) in [6.07, 6.45) is 1.65. The van der Waals surface area contributed by atoms with Gasteiger partial charge < -0.3 is 24.6 Å². The number of rotatable bonds is 8. The highest BCUT2D eigenvalue weighted by Gasteiger charge is 2.49. The molecule has 3 aliphatic heterocycles. The molecule has 0 saturated carbocycles. The van der Waals surface area contributed by atoms with Gasteiger partial charge in [0.2, 0.25) is 0 Å². The molecule has 2 saturated heterocycles. The molecule has 1 unspecified atom stereocenters. The van der Waals surface area contributed by atoms with Crippen LogP contribution in [0.5, 0.6) is 0 Å². The van der Waals surface area contributed by atoms with Crippen molar-refractivity contribution < 1.29 is 28.2 Å². The molecule has 0 radical (unpaired) electrons. The van der Waals surface area contributed by atoms with Crippen molar-refractivity contribution in [1.29, 1.82) is 0 Å². The molecule has 2 fully saturated rings. The Labute approximate surface area is 251 Å². The van der Waals surface area contributed by atoms with Gasteiger partial charge in [0.05, 0.1) is 30.4 Å². The number of esters is 2. The van der Waals surface area contributed by atoms with E-state index >= 15 is 0 Å². The average molecular weight is 619 g/mol. The fourth-order valence-electron chi connectivity index (χ4n) is 5.54. The number of aromatic nitrogens is 1. The summed E-state index contributed by atoms with van der Waals surface area (Å²) in [6.45, 7) is 7.28. The number of halogens is 2. The third kappa shape index (κ3) is 5.48. The number of hydrogen-bond donors (Lipinski definition) is 1. The average Bonchev–Trinajstić information content (AvgIpc) is 3.62. The Bertz CT molecular complexity index is 1450. The van der Waals surface area contributed by atoms with Gasteiger partial charge in [-0.1, -0.05) is 23.7 Å². The minimum atomic E-state index is -1.12. The summed E-state index contributed by atoms with van der Waals surface area (Å²) in [7, 11) is 1.30. The Morgan fingerprint density at radius 2 is 2.05 bits per heavy atom. The molecule has 2 atom stereocenters. The number of amidine groups is 1. The van der Waals surface area contributed by atoms with Crippen molar-refractivity contribution in [2.24, 2.45) is 4.99 Å². The number of ether oxygens (including phenoxy) is 2. The molecule has 0 bridgehead atoms. The first kappa shape index (κ1) is 29.9. The van der Waals surface area contributed by atoms with Gasteiger partial charge in [-0.25, -0.2) is 23.8 Å². The highest BCUT2D eigenvalue weighted by Crippen LogP contribution is 2.38. The van der Waals surface area contributed by atoms with E-state index in [0.717, 1.165) is 0 Å². The third-order valence-corrected chi connectivity index (χ3v) is 8.89. The number of aliphatic imine (C=N–C) groups is 1. The van der Waals surface area contributed by atoms with Crippen LogP contribution in [0.1, 0.15) is 37.4 Å². The maximum Gasteiger partial charge on any atom is 0.338 e. The molecule has 1 aromatic heterocycles. The number of methoxy groups -OCH3 is 1.